The monoisotopic (exact) mass is 353 g/mol. The number of hydrogen-bond donors (Lipinski definition) is 1. The van der Waals surface area contributed by atoms with Crippen LogP contribution in [0.15, 0.2) is 54.7 Å². The zero-order valence-corrected chi connectivity index (χ0v) is 14.7. The van der Waals surface area contributed by atoms with Crippen molar-refractivity contribution in [2.45, 2.75) is 13.3 Å². The number of benzene rings is 2. The van der Waals surface area contributed by atoms with Gasteiger partial charge in [0.2, 0.25) is 0 Å². The minimum absolute atomic E-state index is 0.189. The van der Waals surface area contributed by atoms with Crippen molar-refractivity contribution in [2.75, 3.05) is 13.7 Å². The predicted octanol–water partition coefficient (Wildman–Crippen LogP) is 3.30. The summed E-state index contributed by atoms with van der Waals surface area (Å²) in [5, 5.41) is 7.15. The molecule has 0 fully saturated rings. The molecule has 1 aromatic heterocycles. The number of rotatable bonds is 6. The van der Waals surface area contributed by atoms with Crippen LogP contribution < -0.4 is 10.1 Å². The first-order valence-corrected chi connectivity index (χ1v) is 8.31. The minimum Gasteiger partial charge on any atom is -0.496 e. The Kier molecular flexibility index (Phi) is 5.31. The van der Waals surface area contributed by atoms with Gasteiger partial charge in [0.1, 0.15) is 11.6 Å². The number of methoxy groups -OCH3 is 1. The number of carbonyl (C=O) groups excluding carboxylic acids is 1. The number of nitrogens with zero attached hydrogens (tertiary/aromatic N) is 2. The molecule has 26 heavy (non-hydrogen) atoms. The Labute approximate surface area is 151 Å². The van der Waals surface area contributed by atoms with Crippen LogP contribution in [-0.4, -0.2) is 29.3 Å². The average Bonchev–Trinajstić information content (AvgIpc) is 3.04. The fraction of sp³-hybridized carbons (Fsp3) is 0.200. The normalized spacial score (nSPS) is 10.6. The molecule has 0 saturated heterocycles. The Bertz CT molecular complexity index is 904. The first-order chi connectivity index (χ1) is 12.6. The van der Waals surface area contributed by atoms with Crippen molar-refractivity contribution < 1.29 is 13.9 Å². The number of nitrogens with one attached hydrogen (secondary N) is 1. The molecule has 134 valence electrons. The zero-order valence-electron chi connectivity index (χ0n) is 14.7. The molecule has 3 aromatic rings. The van der Waals surface area contributed by atoms with Crippen LogP contribution in [0.1, 0.15) is 21.6 Å². The summed E-state index contributed by atoms with van der Waals surface area (Å²) in [6.45, 7) is 2.30. The van der Waals surface area contributed by atoms with Gasteiger partial charge in [0.05, 0.1) is 30.3 Å². The Hall–Kier alpha value is -3.15. The number of aromatic nitrogens is 2. The van der Waals surface area contributed by atoms with Gasteiger partial charge in [-0.15, -0.1) is 0 Å². The van der Waals surface area contributed by atoms with Crippen molar-refractivity contribution in [1.82, 2.24) is 15.1 Å². The third kappa shape index (κ3) is 3.74. The molecule has 0 aliphatic heterocycles. The van der Waals surface area contributed by atoms with Gasteiger partial charge in [-0.2, -0.15) is 5.10 Å². The summed E-state index contributed by atoms with van der Waals surface area (Å²) in [6.07, 6.45) is 2.19. The van der Waals surface area contributed by atoms with E-state index < -0.39 is 0 Å². The first kappa shape index (κ1) is 17.7. The molecule has 0 atom stereocenters. The van der Waals surface area contributed by atoms with E-state index in [1.165, 1.54) is 18.3 Å². The maximum absolute atomic E-state index is 13.1. The smallest absolute Gasteiger partial charge is 0.254 e. The minimum atomic E-state index is -0.312. The molecule has 0 spiro atoms. The van der Waals surface area contributed by atoms with Crippen molar-refractivity contribution in [2.24, 2.45) is 0 Å². The fourth-order valence-electron chi connectivity index (χ4n) is 2.79. The molecule has 0 aliphatic carbocycles. The Balaban J connectivity index is 1.66. The van der Waals surface area contributed by atoms with E-state index in [1.807, 2.05) is 31.2 Å². The second-order valence-corrected chi connectivity index (χ2v) is 5.85. The lowest BCUT2D eigenvalue weighted by Crippen LogP contribution is -2.26. The molecule has 2 aromatic carbocycles. The third-order valence-electron chi connectivity index (χ3n) is 4.20. The molecule has 0 bridgehead atoms. The van der Waals surface area contributed by atoms with Crippen LogP contribution in [-0.2, 0) is 6.42 Å². The van der Waals surface area contributed by atoms with Gasteiger partial charge in [-0.25, -0.2) is 9.07 Å². The quantitative estimate of drug-likeness (QED) is 0.740. The van der Waals surface area contributed by atoms with E-state index in [0.29, 0.717) is 29.9 Å². The number of hydrogen-bond acceptors (Lipinski definition) is 3. The molecule has 3 rings (SSSR count). The molecule has 5 nitrogen and oxygen atoms in total. The summed E-state index contributed by atoms with van der Waals surface area (Å²) in [5.74, 6) is 0.306. The Morgan fingerprint density at radius 3 is 2.65 bits per heavy atom. The van der Waals surface area contributed by atoms with Gasteiger partial charge >= 0.3 is 0 Å². The molecular formula is C20H20FN3O2. The van der Waals surface area contributed by atoms with Crippen LogP contribution in [0.3, 0.4) is 0 Å². The average molecular weight is 353 g/mol. The van der Waals surface area contributed by atoms with Gasteiger partial charge in [0.25, 0.3) is 5.91 Å². The molecule has 0 unspecified atom stereocenters. The maximum atomic E-state index is 13.1. The van der Waals surface area contributed by atoms with E-state index in [2.05, 4.69) is 10.4 Å². The van der Waals surface area contributed by atoms with Crippen LogP contribution in [0.25, 0.3) is 5.69 Å². The lowest BCUT2D eigenvalue weighted by Gasteiger charge is -2.09. The van der Waals surface area contributed by atoms with Gasteiger partial charge in [0.15, 0.2) is 0 Å². The topological polar surface area (TPSA) is 56.1 Å². The third-order valence-corrected chi connectivity index (χ3v) is 4.20. The highest BCUT2D eigenvalue weighted by molar-refractivity contribution is 5.95. The summed E-state index contributed by atoms with van der Waals surface area (Å²) in [5.41, 5.74) is 2.94. The molecule has 0 radical (unpaired) electrons. The summed E-state index contributed by atoms with van der Waals surface area (Å²) in [6, 6.07) is 13.7. The van der Waals surface area contributed by atoms with Gasteiger partial charge < -0.3 is 10.1 Å². The van der Waals surface area contributed by atoms with Gasteiger partial charge in [-0.05, 0) is 49.2 Å². The number of halogens is 1. The van der Waals surface area contributed by atoms with Crippen LogP contribution in [0.5, 0.6) is 5.75 Å². The molecule has 1 amide bonds. The SMILES string of the molecule is COc1ccccc1CCNC(=O)c1cnn(-c2ccc(F)cc2)c1C. The van der Waals surface area contributed by atoms with Crippen LogP contribution in [0.2, 0.25) is 0 Å². The van der Waals surface area contributed by atoms with E-state index in [4.69, 9.17) is 4.74 Å². The molecular weight excluding hydrogens is 333 g/mol. The highest BCUT2D eigenvalue weighted by Crippen LogP contribution is 2.18. The Morgan fingerprint density at radius 1 is 1.19 bits per heavy atom. The lowest BCUT2D eigenvalue weighted by atomic mass is 10.1. The van der Waals surface area contributed by atoms with Crippen LogP contribution in [0.4, 0.5) is 4.39 Å². The van der Waals surface area contributed by atoms with Gasteiger partial charge in [-0.3, -0.25) is 4.79 Å². The number of amides is 1. The van der Waals surface area contributed by atoms with E-state index in [-0.39, 0.29) is 11.7 Å². The number of ether oxygens (including phenoxy) is 1. The van der Waals surface area contributed by atoms with E-state index in [9.17, 15) is 9.18 Å². The highest BCUT2D eigenvalue weighted by atomic mass is 19.1. The maximum Gasteiger partial charge on any atom is 0.254 e. The summed E-state index contributed by atoms with van der Waals surface area (Å²) < 4.78 is 20.0. The summed E-state index contributed by atoms with van der Waals surface area (Å²) in [4.78, 5) is 12.5. The van der Waals surface area contributed by atoms with Crippen molar-refractivity contribution in [3.63, 3.8) is 0 Å². The second-order valence-electron chi connectivity index (χ2n) is 5.85. The molecule has 1 heterocycles. The van der Waals surface area contributed by atoms with E-state index in [0.717, 1.165) is 11.3 Å². The van der Waals surface area contributed by atoms with E-state index >= 15 is 0 Å². The number of para-hydroxylation sites is 1. The summed E-state index contributed by atoms with van der Waals surface area (Å²) >= 11 is 0. The van der Waals surface area contributed by atoms with Gasteiger partial charge in [0, 0.05) is 6.54 Å². The van der Waals surface area contributed by atoms with Crippen molar-refractivity contribution >= 4 is 5.91 Å². The molecule has 1 N–H and O–H groups in total. The van der Waals surface area contributed by atoms with Crippen molar-refractivity contribution in [3.8, 4) is 11.4 Å². The lowest BCUT2D eigenvalue weighted by molar-refractivity contribution is 0.0953. The highest BCUT2D eigenvalue weighted by Gasteiger charge is 2.15. The Morgan fingerprint density at radius 2 is 1.92 bits per heavy atom. The predicted molar refractivity (Wildman–Crippen MR) is 97.3 cm³/mol. The van der Waals surface area contributed by atoms with E-state index in [1.54, 1.807) is 23.9 Å². The second kappa shape index (κ2) is 7.82. The summed E-state index contributed by atoms with van der Waals surface area (Å²) in [7, 11) is 1.63. The van der Waals surface area contributed by atoms with Crippen molar-refractivity contribution in [1.29, 1.82) is 0 Å². The molecule has 0 aliphatic rings. The molecule has 0 saturated carbocycles. The molecule has 6 heteroatoms. The van der Waals surface area contributed by atoms with Crippen LogP contribution >= 0.6 is 0 Å². The zero-order chi connectivity index (χ0) is 18.5. The standard InChI is InChI=1S/C20H20FN3O2/c1-14-18(13-23-24(14)17-9-7-16(21)8-10-17)20(25)22-12-11-15-5-3-4-6-19(15)26-2/h3-10,13H,11-12H2,1-2H3,(H,22,25). The van der Waals surface area contributed by atoms with Crippen LogP contribution in [0, 0.1) is 12.7 Å². The van der Waals surface area contributed by atoms with Crippen molar-refractivity contribution in [3.05, 3.63) is 77.4 Å². The first-order valence-electron chi connectivity index (χ1n) is 8.31. The van der Waals surface area contributed by atoms with Gasteiger partial charge in [-0.1, -0.05) is 18.2 Å². The fourth-order valence-corrected chi connectivity index (χ4v) is 2.79. The largest absolute Gasteiger partial charge is 0.496 e. The number of carbonyl (C=O) groups is 1.